The summed E-state index contributed by atoms with van der Waals surface area (Å²) in [5.41, 5.74) is 0. The van der Waals surface area contributed by atoms with Gasteiger partial charge in [-0.1, -0.05) is 46.0 Å². The third-order valence-corrected chi connectivity index (χ3v) is 3.46. The Morgan fingerprint density at radius 1 is 1.18 bits per heavy atom. The van der Waals surface area contributed by atoms with Crippen molar-refractivity contribution in [1.29, 1.82) is 0 Å². The molecule has 0 heterocycles. The highest BCUT2D eigenvalue weighted by Crippen LogP contribution is 2.11. The molecule has 2 unspecified atom stereocenters. The normalized spacial score (nSPS) is 14.9. The van der Waals surface area contributed by atoms with E-state index in [4.69, 9.17) is 5.11 Å². The van der Waals surface area contributed by atoms with Crippen LogP contribution in [0.4, 0.5) is 0 Å². The molecule has 0 bridgehead atoms. The van der Waals surface area contributed by atoms with Crippen LogP contribution in [0.25, 0.3) is 0 Å². The Morgan fingerprint density at radius 3 is 2.29 bits per heavy atom. The molecule has 0 aliphatic carbocycles. The highest BCUT2D eigenvalue weighted by Gasteiger charge is 2.16. The maximum Gasteiger partial charge on any atom is 0.307 e. The molecule has 3 nitrogen and oxygen atoms in total. The second kappa shape index (κ2) is 9.46. The lowest BCUT2D eigenvalue weighted by Gasteiger charge is -2.26. The van der Waals surface area contributed by atoms with E-state index in [1.807, 2.05) is 7.05 Å². The van der Waals surface area contributed by atoms with Crippen LogP contribution in [0, 0.1) is 5.92 Å². The zero-order valence-electron chi connectivity index (χ0n) is 11.9. The Hall–Kier alpha value is -0.570. The van der Waals surface area contributed by atoms with E-state index in [2.05, 4.69) is 18.7 Å². The summed E-state index contributed by atoms with van der Waals surface area (Å²) in [7, 11) is 2.02. The second-order valence-electron chi connectivity index (χ2n) is 5.23. The minimum Gasteiger partial charge on any atom is -0.481 e. The van der Waals surface area contributed by atoms with Crippen LogP contribution in [0.15, 0.2) is 0 Å². The lowest BCUT2D eigenvalue weighted by atomic mass is 10.1. The minimum absolute atomic E-state index is 0.275. The fraction of sp³-hybridized carbons (Fsp3) is 0.929. The van der Waals surface area contributed by atoms with Crippen molar-refractivity contribution in [1.82, 2.24) is 4.90 Å². The van der Waals surface area contributed by atoms with E-state index in [9.17, 15) is 4.79 Å². The highest BCUT2D eigenvalue weighted by molar-refractivity contribution is 5.69. The highest BCUT2D eigenvalue weighted by atomic mass is 16.4. The van der Waals surface area contributed by atoms with Crippen molar-refractivity contribution in [3.05, 3.63) is 0 Å². The average molecular weight is 243 g/mol. The number of aliphatic carboxylic acids is 1. The molecule has 0 saturated carbocycles. The van der Waals surface area contributed by atoms with E-state index >= 15 is 0 Å². The first-order chi connectivity index (χ1) is 7.99. The molecule has 0 aromatic rings. The average Bonchev–Trinajstić information content (AvgIpc) is 2.28. The molecule has 2 atom stereocenters. The summed E-state index contributed by atoms with van der Waals surface area (Å²) >= 11 is 0. The predicted octanol–water partition coefficient (Wildman–Crippen LogP) is 3.39. The van der Waals surface area contributed by atoms with Gasteiger partial charge in [-0.05, 0) is 20.4 Å². The van der Waals surface area contributed by atoms with E-state index in [-0.39, 0.29) is 5.92 Å². The lowest BCUT2D eigenvalue weighted by Crippen LogP contribution is -2.35. The van der Waals surface area contributed by atoms with Gasteiger partial charge in [0.1, 0.15) is 0 Å². The van der Waals surface area contributed by atoms with Crippen molar-refractivity contribution in [2.24, 2.45) is 5.92 Å². The van der Waals surface area contributed by atoms with Crippen LogP contribution in [0.5, 0.6) is 0 Å². The van der Waals surface area contributed by atoms with Gasteiger partial charge in [0.25, 0.3) is 0 Å². The molecule has 0 aliphatic heterocycles. The Bertz CT molecular complexity index is 206. The summed E-state index contributed by atoms with van der Waals surface area (Å²) in [6.45, 7) is 6.83. The summed E-state index contributed by atoms with van der Waals surface area (Å²) in [4.78, 5) is 12.9. The molecular formula is C14H29NO2. The monoisotopic (exact) mass is 243 g/mol. The first-order valence-electron chi connectivity index (χ1n) is 6.92. The number of hydrogen-bond donors (Lipinski definition) is 1. The van der Waals surface area contributed by atoms with E-state index in [0.29, 0.717) is 12.6 Å². The molecular weight excluding hydrogens is 214 g/mol. The Morgan fingerprint density at radius 2 is 1.76 bits per heavy atom. The second-order valence-corrected chi connectivity index (χ2v) is 5.23. The smallest absolute Gasteiger partial charge is 0.307 e. The number of carbonyl (C=O) groups is 1. The van der Waals surface area contributed by atoms with Crippen LogP contribution >= 0.6 is 0 Å². The van der Waals surface area contributed by atoms with Gasteiger partial charge in [0.15, 0.2) is 0 Å². The number of carboxylic acid groups (broad SMARTS) is 1. The summed E-state index contributed by atoms with van der Waals surface area (Å²) in [5.74, 6) is -0.977. The van der Waals surface area contributed by atoms with Crippen molar-refractivity contribution >= 4 is 5.97 Å². The van der Waals surface area contributed by atoms with Crippen molar-refractivity contribution in [2.75, 3.05) is 13.6 Å². The first kappa shape index (κ1) is 16.4. The summed E-state index contributed by atoms with van der Waals surface area (Å²) in [6.07, 6.45) is 7.68. The Kier molecular flexibility index (Phi) is 9.14. The van der Waals surface area contributed by atoms with E-state index < -0.39 is 5.97 Å². The summed E-state index contributed by atoms with van der Waals surface area (Å²) in [6, 6.07) is 0.485. The maximum absolute atomic E-state index is 10.8. The fourth-order valence-corrected chi connectivity index (χ4v) is 1.95. The molecule has 1 N–H and O–H groups in total. The van der Waals surface area contributed by atoms with Gasteiger partial charge in [-0.3, -0.25) is 4.79 Å². The van der Waals surface area contributed by atoms with Gasteiger partial charge in [-0.2, -0.15) is 0 Å². The van der Waals surface area contributed by atoms with Crippen LogP contribution in [0.3, 0.4) is 0 Å². The van der Waals surface area contributed by atoms with Gasteiger partial charge in [0.05, 0.1) is 5.92 Å². The molecule has 0 fully saturated rings. The zero-order chi connectivity index (χ0) is 13.3. The molecule has 0 amide bonds. The first-order valence-corrected chi connectivity index (χ1v) is 6.92. The zero-order valence-corrected chi connectivity index (χ0v) is 11.9. The van der Waals surface area contributed by atoms with Gasteiger partial charge in [0.2, 0.25) is 0 Å². The molecule has 102 valence electrons. The van der Waals surface area contributed by atoms with Crippen LogP contribution in [0.1, 0.15) is 59.3 Å². The van der Waals surface area contributed by atoms with E-state index in [0.717, 1.165) is 0 Å². The van der Waals surface area contributed by atoms with Crippen molar-refractivity contribution in [3.63, 3.8) is 0 Å². The van der Waals surface area contributed by atoms with Crippen molar-refractivity contribution in [3.8, 4) is 0 Å². The standard InChI is InChI=1S/C14H29NO2/c1-5-6-7-8-9-10-13(3)15(4)11-12(2)14(16)17/h12-13H,5-11H2,1-4H3,(H,16,17). The van der Waals surface area contributed by atoms with Gasteiger partial charge in [0, 0.05) is 12.6 Å². The number of carboxylic acids is 1. The topological polar surface area (TPSA) is 40.5 Å². The number of rotatable bonds is 10. The third-order valence-electron chi connectivity index (χ3n) is 3.46. The van der Waals surface area contributed by atoms with E-state index in [1.54, 1.807) is 6.92 Å². The number of hydrogen-bond acceptors (Lipinski definition) is 2. The summed E-state index contributed by atoms with van der Waals surface area (Å²) in [5, 5.41) is 8.86. The van der Waals surface area contributed by atoms with Gasteiger partial charge < -0.3 is 10.0 Å². The third kappa shape index (κ3) is 8.19. The van der Waals surface area contributed by atoms with E-state index in [1.165, 1.54) is 38.5 Å². The molecule has 0 aromatic heterocycles. The molecule has 0 saturated heterocycles. The Labute approximate surface area is 106 Å². The molecule has 17 heavy (non-hydrogen) atoms. The fourth-order valence-electron chi connectivity index (χ4n) is 1.95. The predicted molar refractivity (Wildman–Crippen MR) is 72.3 cm³/mol. The molecule has 0 radical (unpaired) electrons. The van der Waals surface area contributed by atoms with Crippen LogP contribution in [-0.2, 0) is 4.79 Å². The quantitative estimate of drug-likeness (QED) is 0.598. The Balaban J connectivity index is 3.66. The molecule has 3 heteroatoms. The molecule has 0 spiro atoms. The van der Waals surface area contributed by atoms with Gasteiger partial charge >= 0.3 is 5.97 Å². The van der Waals surface area contributed by atoms with Crippen LogP contribution in [-0.4, -0.2) is 35.6 Å². The summed E-state index contributed by atoms with van der Waals surface area (Å²) < 4.78 is 0. The molecule has 0 rings (SSSR count). The maximum atomic E-state index is 10.8. The van der Waals surface area contributed by atoms with Crippen molar-refractivity contribution < 1.29 is 9.90 Å². The SMILES string of the molecule is CCCCCCCC(C)N(C)CC(C)C(=O)O. The lowest BCUT2D eigenvalue weighted by molar-refractivity contribution is -0.141. The van der Waals surface area contributed by atoms with Crippen molar-refractivity contribution in [2.45, 2.75) is 65.3 Å². The van der Waals surface area contributed by atoms with Gasteiger partial charge in [-0.15, -0.1) is 0 Å². The van der Waals surface area contributed by atoms with Gasteiger partial charge in [-0.25, -0.2) is 0 Å². The van der Waals surface area contributed by atoms with Crippen LogP contribution < -0.4 is 0 Å². The number of unbranched alkanes of at least 4 members (excludes halogenated alkanes) is 4. The largest absolute Gasteiger partial charge is 0.481 e. The molecule has 0 aliphatic rings. The van der Waals surface area contributed by atoms with Crippen LogP contribution in [0.2, 0.25) is 0 Å². The molecule has 0 aromatic carbocycles. The minimum atomic E-state index is -0.702. The number of nitrogens with zero attached hydrogens (tertiary/aromatic N) is 1.